The molecule has 0 radical (unpaired) electrons. The van der Waals surface area contributed by atoms with Gasteiger partial charge >= 0.3 is 0 Å². The molecule has 0 aliphatic rings. The number of rotatable bonds is 5. The predicted octanol–water partition coefficient (Wildman–Crippen LogP) is 4.55. The molecule has 20 heavy (non-hydrogen) atoms. The minimum atomic E-state index is 0.175. The van der Waals surface area contributed by atoms with Crippen LogP contribution in [0.15, 0.2) is 5.38 Å². The summed E-state index contributed by atoms with van der Waals surface area (Å²) in [5.74, 6) is 0. The SMILES string of the molecule is Cc1csc(-c2nnc(CCCNC(C)(C)C)s2)c1Cl. The molecule has 0 amide bonds. The Morgan fingerprint density at radius 3 is 2.65 bits per heavy atom. The first-order valence-corrected chi connectivity index (χ1v) is 8.75. The van der Waals surface area contributed by atoms with Crippen molar-refractivity contribution >= 4 is 34.3 Å². The lowest BCUT2D eigenvalue weighted by Gasteiger charge is -2.20. The average Bonchev–Trinajstić information content (AvgIpc) is 2.93. The first-order valence-electron chi connectivity index (χ1n) is 6.68. The van der Waals surface area contributed by atoms with Crippen LogP contribution in [0.1, 0.15) is 37.8 Å². The fraction of sp³-hybridized carbons (Fsp3) is 0.571. The predicted molar refractivity (Wildman–Crippen MR) is 89.0 cm³/mol. The molecule has 0 saturated carbocycles. The van der Waals surface area contributed by atoms with Crippen molar-refractivity contribution in [1.29, 1.82) is 0 Å². The number of thiophene rings is 1. The van der Waals surface area contributed by atoms with E-state index in [9.17, 15) is 0 Å². The molecule has 2 rings (SSSR count). The molecule has 2 heterocycles. The summed E-state index contributed by atoms with van der Waals surface area (Å²) in [6.07, 6.45) is 2.03. The van der Waals surface area contributed by atoms with Gasteiger partial charge in [-0.05, 0) is 51.6 Å². The minimum Gasteiger partial charge on any atom is -0.312 e. The number of nitrogens with zero attached hydrogens (tertiary/aromatic N) is 2. The third-order valence-corrected chi connectivity index (χ3v) is 5.62. The second kappa shape index (κ2) is 6.52. The topological polar surface area (TPSA) is 37.8 Å². The molecule has 0 aromatic carbocycles. The zero-order valence-corrected chi connectivity index (χ0v) is 14.7. The molecule has 0 atom stereocenters. The van der Waals surface area contributed by atoms with Crippen LogP contribution in [0.2, 0.25) is 5.02 Å². The van der Waals surface area contributed by atoms with Gasteiger partial charge in [-0.15, -0.1) is 21.5 Å². The lowest BCUT2D eigenvalue weighted by Crippen LogP contribution is -2.36. The summed E-state index contributed by atoms with van der Waals surface area (Å²) in [7, 11) is 0. The number of halogens is 1. The van der Waals surface area contributed by atoms with E-state index >= 15 is 0 Å². The number of aryl methyl sites for hydroxylation is 2. The Morgan fingerprint density at radius 1 is 1.30 bits per heavy atom. The summed E-state index contributed by atoms with van der Waals surface area (Å²) in [4.78, 5) is 1.04. The molecule has 6 heteroatoms. The second-order valence-electron chi connectivity index (χ2n) is 5.84. The van der Waals surface area contributed by atoms with Crippen LogP contribution in [0.5, 0.6) is 0 Å². The molecule has 3 nitrogen and oxygen atoms in total. The van der Waals surface area contributed by atoms with E-state index in [1.165, 1.54) is 0 Å². The number of aromatic nitrogens is 2. The zero-order valence-electron chi connectivity index (χ0n) is 12.3. The average molecular weight is 330 g/mol. The van der Waals surface area contributed by atoms with E-state index in [4.69, 9.17) is 11.6 Å². The van der Waals surface area contributed by atoms with Gasteiger partial charge in [-0.25, -0.2) is 0 Å². The Balaban J connectivity index is 1.91. The van der Waals surface area contributed by atoms with Crippen LogP contribution in [0.4, 0.5) is 0 Å². The van der Waals surface area contributed by atoms with E-state index < -0.39 is 0 Å². The monoisotopic (exact) mass is 329 g/mol. The van der Waals surface area contributed by atoms with Gasteiger partial charge < -0.3 is 5.32 Å². The highest BCUT2D eigenvalue weighted by molar-refractivity contribution is 7.21. The molecule has 0 aliphatic carbocycles. The highest BCUT2D eigenvalue weighted by Crippen LogP contribution is 2.37. The quantitative estimate of drug-likeness (QED) is 0.818. The lowest BCUT2D eigenvalue weighted by atomic mass is 10.1. The van der Waals surface area contributed by atoms with Crippen molar-refractivity contribution in [2.75, 3.05) is 6.54 Å². The normalized spacial score (nSPS) is 12.1. The maximum absolute atomic E-state index is 6.27. The van der Waals surface area contributed by atoms with Crippen LogP contribution in [0, 0.1) is 6.92 Å². The van der Waals surface area contributed by atoms with Crippen LogP contribution in [0.25, 0.3) is 9.88 Å². The van der Waals surface area contributed by atoms with Crippen molar-refractivity contribution in [2.24, 2.45) is 0 Å². The lowest BCUT2D eigenvalue weighted by molar-refractivity contribution is 0.422. The minimum absolute atomic E-state index is 0.175. The van der Waals surface area contributed by atoms with E-state index in [2.05, 4.69) is 41.7 Å². The van der Waals surface area contributed by atoms with E-state index in [0.29, 0.717) is 0 Å². The Morgan fingerprint density at radius 2 is 2.05 bits per heavy atom. The molecule has 0 spiro atoms. The highest BCUT2D eigenvalue weighted by Gasteiger charge is 2.14. The molecule has 1 N–H and O–H groups in total. The van der Waals surface area contributed by atoms with Crippen molar-refractivity contribution in [1.82, 2.24) is 15.5 Å². The van der Waals surface area contributed by atoms with Crippen molar-refractivity contribution in [3.05, 3.63) is 21.0 Å². The number of nitrogens with one attached hydrogen (secondary N) is 1. The second-order valence-corrected chi connectivity index (χ2v) is 8.16. The van der Waals surface area contributed by atoms with Crippen molar-refractivity contribution < 1.29 is 0 Å². The summed E-state index contributed by atoms with van der Waals surface area (Å²) in [6.45, 7) is 9.55. The van der Waals surface area contributed by atoms with Gasteiger partial charge in [0.2, 0.25) is 0 Å². The van der Waals surface area contributed by atoms with Gasteiger partial charge in [0.25, 0.3) is 0 Å². The van der Waals surface area contributed by atoms with Crippen molar-refractivity contribution in [3.8, 4) is 9.88 Å². The van der Waals surface area contributed by atoms with Crippen LogP contribution in [-0.4, -0.2) is 22.3 Å². The van der Waals surface area contributed by atoms with Gasteiger partial charge in [0, 0.05) is 12.0 Å². The molecule has 0 aliphatic heterocycles. The van der Waals surface area contributed by atoms with Crippen LogP contribution >= 0.6 is 34.3 Å². The summed E-state index contributed by atoms with van der Waals surface area (Å²) in [5.41, 5.74) is 1.28. The number of hydrogen-bond acceptors (Lipinski definition) is 5. The molecule has 0 unspecified atom stereocenters. The summed E-state index contributed by atoms with van der Waals surface area (Å²) in [5, 5.41) is 16.9. The summed E-state index contributed by atoms with van der Waals surface area (Å²) >= 11 is 9.55. The van der Waals surface area contributed by atoms with Gasteiger partial charge in [0.15, 0.2) is 5.01 Å². The Kier molecular flexibility index (Phi) is 5.18. The number of hydrogen-bond donors (Lipinski definition) is 1. The van der Waals surface area contributed by atoms with Gasteiger partial charge in [0.05, 0.1) is 9.90 Å². The molecular formula is C14H20ClN3S2. The Hall–Kier alpha value is -0.490. The molecule has 2 aromatic rings. The third-order valence-electron chi connectivity index (χ3n) is 2.78. The maximum Gasteiger partial charge on any atom is 0.159 e. The zero-order chi connectivity index (χ0) is 14.8. The maximum atomic E-state index is 6.27. The smallest absolute Gasteiger partial charge is 0.159 e. The largest absolute Gasteiger partial charge is 0.312 e. The van der Waals surface area contributed by atoms with E-state index in [-0.39, 0.29) is 5.54 Å². The van der Waals surface area contributed by atoms with Crippen molar-refractivity contribution in [3.63, 3.8) is 0 Å². The summed E-state index contributed by atoms with van der Waals surface area (Å²) < 4.78 is 0. The molecule has 2 aromatic heterocycles. The van der Waals surface area contributed by atoms with Crippen molar-refractivity contribution in [2.45, 2.75) is 46.1 Å². The van der Waals surface area contributed by atoms with E-state index in [1.807, 2.05) is 6.92 Å². The van der Waals surface area contributed by atoms with Crippen LogP contribution < -0.4 is 5.32 Å². The molecule has 0 fully saturated rings. The first-order chi connectivity index (χ1) is 9.37. The van der Waals surface area contributed by atoms with E-state index in [0.717, 1.165) is 44.9 Å². The molecular weight excluding hydrogens is 310 g/mol. The Labute approximate surface area is 133 Å². The third kappa shape index (κ3) is 4.25. The molecule has 0 bridgehead atoms. The fourth-order valence-corrected chi connectivity index (χ4v) is 4.04. The van der Waals surface area contributed by atoms with Crippen LogP contribution in [0.3, 0.4) is 0 Å². The highest BCUT2D eigenvalue weighted by atomic mass is 35.5. The van der Waals surface area contributed by atoms with Gasteiger partial charge in [-0.3, -0.25) is 0 Å². The van der Waals surface area contributed by atoms with Gasteiger partial charge in [0.1, 0.15) is 5.01 Å². The molecule has 0 saturated heterocycles. The first kappa shape index (κ1) is 15.9. The van der Waals surface area contributed by atoms with E-state index in [1.54, 1.807) is 22.7 Å². The summed E-state index contributed by atoms with van der Waals surface area (Å²) in [6, 6.07) is 0. The Bertz CT molecular complexity index is 569. The van der Waals surface area contributed by atoms with Gasteiger partial charge in [-0.1, -0.05) is 22.9 Å². The fourth-order valence-electron chi connectivity index (χ4n) is 1.72. The molecule has 110 valence electrons. The van der Waals surface area contributed by atoms with Crippen LogP contribution in [-0.2, 0) is 6.42 Å². The standard InChI is InChI=1S/C14H20ClN3S2/c1-9-8-19-12(11(9)15)13-18-17-10(20-13)6-5-7-16-14(2,3)4/h8,16H,5-7H2,1-4H3. The van der Waals surface area contributed by atoms with Gasteiger partial charge in [-0.2, -0.15) is 0 Å².